The van der Waals surface area contributed by atoms with Gasteiger partial charge >= 0.3 is 5.97 Å². The van der Waals surface area contributed by atoms with Gasteiger partial charge < -0.3 is 14.9 Å². The lowest BCUT2D eigenvalue weighted by molar-refractivity contribution is -0.140. The van der Waals surface area contributed by atoms with Crippen molar-refractivity contribution in [2.45, 2.75) is 83.3 Å². The standard InChI is InChI=1S/C22H36O4/c1-3-4-5-9-18(23)11-12-19-20-14-16(13-17(20)15-21(19)24)8-6-7-10-22(25)26-2/h8,11-12,17-21,23-24H,3-7,9-10,13-15H2,1-2H3/t17-,18-,19+,20-,21+/m0/s1. The highest BCUT2D eigenvalue weighted by atomic mass is 16.5. The SMILES string of the molecule is CCCCC[C@H](O)C=C[C@@H]1[C@H]2CC(=CCCCC(=O)OC)C[C@H]2C[C@H]1O. The van der Waals surface area contributed by atoms with E-state index in [4.69, 9.17) is 0 Å². The summed E-state index contributed by atoms with van der Waals surface area (Å²) in [5.41, 5.74) is 1.47. The number of ether oxygens (including phenoxy) is 1. The molecule has 26 heavy (non-hydrogen) atoms. The third-order valence-corrected chi connectivity index (χ3v) is 6.02. The molecule has 0 aromatic heterocycles. The molecule has 5 atom stereocenters. The van der Waals surface area contributed by atoms with Gasteiger partial charge in [-0.1, -0.05) is 50.0 Å². The van der Waals surface area contributed by atoms with Crippen LogP contribution in [-0.2, 0) is 9.53 Å². The zero-order chi connectivity index (χ0) is 18.9. The summed E-state index contributed by atoms with van der Waals surface area (Å²) in [5.74, 6) is 1.08. The number of aliphatic hydroxyl groups excluding tert-OH is 2. The summed E-state index contributed by atoms with van der Waals surface area (Å²) >= 11 is 0. The van der Waals surface area contributed by atoms with E-state index in [9.17, 15) is 15.0 Å². The number of hydrogen-bond donors (Lipinski definition) is 2. The third-order valence-electron chi connectivity index (χ3n) is 6.02. The van der Waals surface area contributed by atoms with E-state index in [1.165, 1.54) is 12.7 Å². The molecule has 4 nitrogen and oxygen atoms in total. The Morgan fingerprint density at radius 2 is 2.12 bits per heavy atom. The van der Waals surface area contributed by atoms with Gasteiger partial charge in [-0.3, -0.25) is 4.79 Å². The van der Waals surface area contributed by atoms with Crippen LogP contribution in [0.2, 0.25) is 0 Å². The van der Waals surface area contributed by atoms with Gasteiger partial charge in [0.25, 0.3) is 0 Å². The monoisotopic (exact) mass is 364 g/mol. The Balaban J connectivity index is 1.81. The Morgan fingerprint density at radius 1 is 1.31 bits per heavy atom. The molecular weight excluding hydrogens is 328 g/mol. The number of carbonyl (C=O) groups is 1. The maximum absolute atomic E-state index is 11.2. The zero-order valence-corrected chi connectivity index (χ0v) is 16.4. The summed E-state index contributed by atoms with van der Waals surface area (Å²) in [5, 5.41) is 20.5. The number of aliphatic hydroxyl groups is 2. The maximum Gasteiger partial charge on any atom is 0.305 e. The van der Waals surface area contributed by atoms with Crippen molar-refractivity contribution in [3.8, 4) is 0 Å². The smallest absolute Gasteiger partial charge is 0.305 e. The minimum Gasteiger partial charge on any atom is -0.469 e. The molecule has 0 bridgehead atoms. The molecule has 0 aliphatic heterocycles. The van der Waals surface area contributed by atoms with Crippen LogP contribution >= 0.6 is 0 Å². The molecule has 0 unspecified atom stereocenters. The predicted octanol–water partition coefficient (Wildman–Crippen LogP) is 4.16. The molecule has 0 aromatic carbocycles. The molecule has 2 aliphatic carbocycles. The highest BCUT2D eigenvalue weighted by molar-refractivity contribution is 5.69. The van der Waals surface area contributed by atoms with Crippen molar-refractivity contribution in [3.05, 3.63) is 23.8 Å². The number of fused-ring (bicyclic) bond motifs is 1. The molecule has 2 rings (SSSR count). The molecule has 2 N–H and O–H groups in total. The second-order valence-electron chi connectivity index (χ2n) is 7.99. The quantitative estimate of drug-likeness (QED) is 0.347. The van der Waals surface area contributed by atoms with Crippen molar-refractivity contribution >= 4 is 5.97 Å². The molecule has 0 spiro atoms. The zero-order valence-electron chi connectivity index (χ0n) is 16.4. The van der Waals surface area contributed by atoms with Gasteiger partial charge in [0, 0.05) is 12.3 Å². The van der Waals surface area contributed by atoms with Crippen LogP contribution in [0.4, 0.5) is 0 Å². The summed E-state index contributed by atoms with van der Waals surface area (Å²) in [6, 6.07) is 0. The number of unbranched alkanes of at least 4 members (excludes halogenated alkanes) is 3. The van der Waals surface area contributed by atoms with Crippen LogP contribution in [0.5, 0.6) is 0 Å². The highest BCUT2D eigenvalue weighted by Crippen LogP contribution is 2.50. The molecule has 0 radical (unpaired) electrons. The molecule has 0 saturated heterocycles. The lowest BCUT2D eigenvalue weighted by atomic mass is 9.90. The number of methoxy groups -OCH3 is 1. The molecule has 148 valence electrons. The topological polar surface area (TPSA) is 66.8 Å². The van der Waals surface area contributed by atoms with Crippen LogP contribution in [0, 0.1) is 17.8 Å². The predicted molar refractivity (Wildman–Crippen MR) is 104 cm³/mol. The summed E-state index contributed by atoms with van der Waals surface area (Å²) < 4.78 is 4.67. The number of esters is 1. The first kappa shape index (κ1) is 21.2. The summed E-state index contributed by atoms with van der Waals surface area (Å²) in [7, 11) is 1.43. The van der Waals surface area contributed by atoms with E-state index in [-0.39, 0.29) is 24.1 Å². The third kappa shape index (κ3) is 6.24. The second-order valence-corrected chi connectivity index (χ2v) is 7.99. The Hall–Kier alpha value is -1.13. The summed E-state index contributed by atoms with van der Waals surface area (Å²) in [4.78, 5) is 11.2. The van der Waals surface area contributed by atoms with Crippen LogP contribution in [0.3, 0.4) is 0 Å². The van der Waals surface area contributed by atoms with Gasteiger partial charge in [-0.2, -0.15) is 0 Å². The van der Waals surface area contributed by atoms with Crippen LogP contribution < -0.4 is 0 Å². The van der Waals surface area contributed by atoms with Crippen LogP contribution in [0.25, 0.3) is 0 Å². The van der Waals surface area contributed by atoms with Gasteiger partial charge in [-0.25, -0.2) is 0 Å². The first-order valence-corrected chi connectivity index (χ1v) is 10.3. The van der Waals surface area contributed by atoms with Crippen molar-refractivity contribution in [1.82, 2.24) is 0 Å². The number of rotatable bonds is 10. The van der Waals surface area contributed by atoms with Gasteiger partial charge in [0.05, 0.1) is 19.3 Å². The van der Waals surface area contributed by atoms with E-state index in [0.717, 1.165) is 57.8 Å². The van der Waals surface area contributed by atoms with E-state index < -0.39 is 0 Å². The fourth-order valence-corrected chi connectivity index (χ4v) is 4.55. The van der Waals surface area contributed by atoms with Crippen molar-refractivity contribution in [1.29, 1.82) is 0 Å². The van der Waals surface area contributed by atoms with E-state index in [2.05, 4.69) is 23.8 Å². The molecule has 0 heterocycles. The van der Waals surface area contributed by atoms with Crippen molar-refractivity contribution in [3.63, 3.8) is 0 Å². The van der Waals surface area contributed by atoms with Crippen molar-refractivity contribution < 1.29 is 19.7 Å². The lowest BCUT2D eigenvalue weighted by Gasteiger charge is -2.17. The van der Waals surface area contributed by atoms with Gasteiger partial charge in [0.1, 0.15) is 0 Å². The van der Waals surface area contributed by atoms with Gasteiger partial charge in [0.15, 0.2) is 0 Å². The Kier molecular flexibility index (Phi) is 8.86. The normalized spacial score (nSPS) is 30.8. The van der Waals surface area contributed by atoms with Crippen LogP contribution in [0.15, 0.2) is 23.8 Å². The fraction of sp³-hybridized carbons (Fsp3) is 0.773. The molecule has 0 aromatic rings. The molecule has 2 fully saturated rings. The van der Waals surface area contributed by atoms with Crippen molar-refractivity contribution in [2.24, 2.45) is 17.8 Å². The Bertz CT molecular complexity index is 496. The Labute approximate surface area is 158 Å². The van der Waals surface area contributed by atoms with E-state index >= 15 is 0 Å². The second kappa shape index (κ2) is 10.9. The van der Waals surface area contributed by atoms with Crippen LogP contribution in [-0.4, -0.2) is 35.5 Å². The number of allylic oxidation sites excluding steroid dienone is 2. The first-order valence-electron chi connectivity index (χ1n) is 10.3. The van der Waals surface area contributed by atoms with Crippen molar-refractivity contribution in [2.75, 3.05) is 7.11 Å². The molecule has 0 amide bonds. The maximum atomic E-state index is 11.2. The number of hydrogen-bond acceptors (Lipinski definition) is 4. The fourth-order valence-electron chi connectivity index (χ4n) is 4.55. The van der Waals surface area contributed by atoms with Gasteiger partial charge in [0.2, 0.25) is 0 Å². The van der Waals surface area contributed by atoms with Crippen LogP contribution in [0.1, 0.15) is 71.1 Å². The largest absolute Gasteiger partial charge is 0.469 e. The van der Waals surface area contributed by atoms with E-state index in [1.807, 2.05) is 6.08 Å². The summed E-state index contributed by atoms with van der Waals surface area (Å²) in [6.45, 7) is 2.16. The average molecular weight is 365 g/mol. The molecule has 4 heteroatoms. The van der Waals surface area contributed by atoms with Gasteiger partial charge in [-0.05, 0) is 50.4 Å². The summed E-state index contributed by atoms with van der Waals surface area (Å²) in [6.07, 6.45) is 15.0. The highest BCUT2D eigenvalue weighted by Gasteiger charge is 2.44. The number of carbonyl (C=O) groups excluding carboxylic acids is 1. The van der Waals surface area contributed by atoms with E-state index in [0.29, 0.717) is 18.3 Å². The average Bonchev–Trinajstić information content (AvgIpc) is 3.13. The molecule has 2 saturated carbocycles. The molecule has 2 aliphatic rings. The first-order chi connectivity index (χ1) is 12.5. The van der Waals surface area contributed by atoms with Gasteiger partial charge in [-0.15, -0.1) is 0 Å². The minimum absolute atomic E-state index is 0.141. The minimum atomic E-state index is -0.387. The Morgan fingerprint density at radius 3 is 2.85 bits per heavy atom. The lowest BCUT2D eigenvalue weighted by Crippen LogP contribution is -2.17. The molecular formula is C22H36O4. The van der Waals surface area contributed by atoms with E-state index in [1.54, 1.807) is 0 Å².